The number of carbonyl (C=O) groups is 1. The molecule has 1 amide bonds. The number of hydrogen-bond donors (Lipinski definition) is 6. The molecule has 1 fully saturated rings. The van der Waals surface area contributed by atoms with Gasteiger partial charge in [0.15, 0.2) is 6.29 Å². The summed E-state index contributed by atoms with van der Waals surface area (Å²) in [6.45, 7) is 3.77. The molecule has 0 bridgehead atoms. The molecule has 1 rings (SSSR count). The molecular formula is C48H91NO8. The molecular weight excluding hydrogens is 719 g/mol. The van der Waals surface area contributed by atoms with Crippen molar-refractivity contribution in [2.75, 3.05) is 13.2 Å². The van der Waals surface area contributed by atoms with Crippen LogP contribution in [0.1, 0.15) is 219 Å². The van der Waals surface area contributed by atoms with E-state index in [2.05, 4.69) is 31.3 Å². The lowest BCUT2D eigenvalue weighted by molar-refractivity contribution is -0.302. The molecule has 1 saturated heterocycles. The summed E-state index contributed by atoms with van der Waals surface area (Å²) >= 11 is 0. The van der Waals surface area contributed by atoms with E-state index in [1.165, 1.54) is 161 Å². The zero-order chi connectivity index (χ0) is 41.6. The van der Waals surface area contributed by atoms with E-state index < -0.39 is 49.5 Å². The van der Waals surface area contributed by atoms with Crippen LogP contribution in [0.4, 0.5) is 0 Å². The summed E-state index contributed by atoms with van der Waals surface area (Å²) in [7, 11) is 0. The van der Waals surface area contributed by atoms with Crippen LogP contribution < -0.4 is 5.32 Å². The van der Waals surface area contributed by atoms with Gasteiger partial charge < -0.3 is 40.3 Å². The Morgan fingerprint density at radius 1 is 0.579 bits per heavy atom. The van der Waals surface area contributed by atoms with Crippen LogP contribution in [0, 0.1) is 0 Å². The lowest BCUT2D eigenvalue weighted by Gasteiger charge is -2.40. The highest BCUT2D eigenvalue weighted by molar-refractivity contribution is 5.76. The van der Waals surface area contributed by atoms with E-state index in [0.29, 0.717) is 6.42 Å². The smallest absolute Gasteiger partial charge is 0.220 e. The highest BCUT2D eigenvalue weighted by Crippen LogP contribution is 2.23. The molecule has 0 spiro atoms. The molecule has 1 aliphatic rings. The third-order valence-corrected chi connectivity index (χ3v) is 11.5. The molecule has 5 unspecified atom stereocenters. The Morgan fingerprint density at radius 2 is 0.982 bits per heavy atom. The molecule has 336 valence electrons. The van der Waals surface area contributed by atoms with Gasteiger partial charge >= 0.3 is 0 Å². The molecule has 1 aliphatic heterocycles. The molecule has 9 nitrogen and oxygen atoms in total. The molecule has 0 aromatic rings. The molecule has 9 heteroatoms. The lowest BCUT2D eigenvalue weighted by atomic mass is 9.99. The second-order valence-corrected chi connectivity index (χ2v) is 16.9. The predicted octanol–water partition coefficient (Wildman–Crippen LogP) is 10.3. The summed E-state index contributed by atoms with van der Waals surface area (Å²) in [5.74, 6) is -0.177. The standard InChI is InChI=1S/C48H91NO8/c1-3-5-7-9-11-13-15-17-18-19-20-21-22-23-24-26-28-30-32-34-36-38-44(52)49-41(40-56-48-47(55)46(54)45(53)43(39-50)57-48)42(51)37-35-33-31-29-27-25-16-14-12-10-8-6-4-2/h17-18,35,37,41-43,45-48,50-51,53-55H,3-16,19-34,36,38-40H2,1-2H3,(H,49,52)/b18-17-,37-35+/t41-,42+,43?,45?,46?,47?,48?/m0/s1. The number of nitrogens with one attached hydrogen (secondary N) is 1. The number of allylic oxidation sites excluding steroid dienone is 3. The second-order valence-electron chi connectivity index (χ2n) is 16.9. The van der Waals surface area contributed by atoms with Crippen LogP contribution >= 0.6 is 0 Å². The summed E-state index contributed by atoms with van der Waals surface area (Å²) in [6, 6.07) is -0.801. The maximum Gasteiger partial charge on any atom is 0.220 e. The number of ether oxygens (including phenoxy) is 2. The van der Waals surface area contributed by atoms with Crippen LogP contribution in [0.2, 0.25) is 0 Å². The monoisotopic (exact) mass is 810 g/mol. The molecule has 0 radical (unpaired) electrons. The van der Waals surface area contributed by atoms with Crippen molar-refractivity contribution in [3.8, 4) is 0 Å². The number of unbranched alkanes of at least 4 members (excludes halogenated alkanes) is 28. The van der Waals surface area contributed by atoms with E-state index in [4.69, 9.17) is 9.47 Å². The third kappa shape index (κ3) is 29.5. The minimum Gasteiger partial charge on any atom is -0.394 e. The maximum atomic E-state index is 13.0. The van der Waals surface area contributed by atoms with Gasteiger partial charge in [-0.2, -0.15) is 0 Å². The van der Waals surface area contributed by atoms with Crippen molar-refractivity contribution in [3.63, 3.8) is 0 Å². The molecule has 7 atom stereocenters. The summed E-state index contributed by atoms with van der Waals surface area (Å²) < 4.78 is 11.2. The Morgan fingerprint density at radius 3 is 1.42 bits per heavy atom. The Balaban J connectivity index is 2.29. The fraction of sp³-hybridized carbons (Fsp3) is 0.896. The second kappa shape index (κ2) is 38.8. The van der Waals surface area contributed by atoms with Gasteiger partial charge in [-0.1, -0.05) is 192 Å². The predicted molar refractivity (Wildman–Crippen MR) is 235 cm³/mol. The minimum absolute atomic E-state index is 0.177. The Kier molecular flexibility index (Phi) is 36.6. The molecule has 57 heavy (non-hydrogen) atoms. The first kappa shape index (κ1) is 53.7. The van der Waals surface area contributed by atoms with Crippen LogP contribution in [0.15, 0.2) is 24.3 Å². The fourth-order valence-corrected chi connectivity index (χ4v) is 7.62. The number of aliphatic hydroxyl groups is 5. The van der Waals surface area contributed by atoms with Crippen molar-refractivity contribution in [3.05, 3.63) is 24.3 Å². The molecule has 6 N–H and O–H groups in total. The Bertz CT molecular complexity index is 945. The summed E-state index contributed by atoms with van der Waals surface area (Å²) in [6.07, 6.45) is 39.3. The van der Waals surface area contributed by atoms with Crippen molar-refractivity contribution in [2.45, 2.75) is 262 Å². The summed E-state index contributed by atoms with van der Waals surface area (Å²) in [5, 5.41) is 54.2. The fourth-order valence-electron chi connectivity index (χ4n) is 7.62. The number of aliphatic hydroxyl groups excluding tert-OH is 5. The van der Waals surface area contributed by atoms with E-state index in [-0.39, 0.29) is 12.5 Å². The van der Waals surface area contributed by atoms with Crippen LogP contribution in [-0.2, 0) is 14.3 Å². The number of carbonyl (C=O) groups excluding carboxylic acids is 1. The number of amides is 1. The average molecular weight is 810 g/mol. The van der Waals surface area contributed by atoms with Gasteiger partial charge in [0.1, 0.15) is 24.4 Å². The first-order valence-corrected chi connectivity index (χ1v) is 24.1. The van der Waals surface area contributed by atoms with Crippen LogP contribution in [0.25, 0.3) is 0 Å². The van der Waals surface area contributed by atoms with E-state index >= 15 is 0 Å². The minimum atomic E-state index is -1.56. The van der Waals surface area contributed by atoms with E-state index in [9.17, 15) is 30.3 Å². The Labute approximate surface area is 349 Å². The zero-order valence-electron chi connectivity index (χ0n) is 36.9. The van der Waals surface area contributed by atoms with Gasteiger partial charge in [-0.15, -0.1) is 0 Å². The highest BCUT2D eigenvalue weighted by atomic mass is 16.7. The summed E-state index contributed by atoms with van der Waals surface area (Å²) in [5.41, 5.74) is 0. The largest absolute Gasteiger partial charge is 0.394 e. The molecule has 1 heterocycles. The van der Waals surface area contributed by atoms with Crippen molar-refractivity contribution < 1.29 is 39.8 Å². The molecule has 0 aliphatic carbocycles. The van der Waals surface area contributed by atoms with Gasteiger partial charge in [-0.3, -0.25) is 4.79 Å². The quantitative estimate of drug-likeness (QED) is 0.0265. The van der Waals surface area contributed by atoms with Gasteiger partial charge in [-0.25, -0.2) is 0 Å². The lowest BCUT2D eigenvalue weighted by Crippen LogP contribution is -2.60. The number of rotatable bonds is 40. The normalized spacial score (nSPS) is 21.1. The van der Waals surface area contributed by atoms with E-state index in [1.807, 2.05) is 6.08 Å². The first-order valence-electron chi connectivity index (χ1n) is 24.1. The van der Waals surface area contributed by atoms with Crippen LogP contribution in [0.5, 0.6) is 0 Å². The van der Waals surface area contributed by atoms with Crippen molar-refractivity contribution >= 4 is 5.91 Å². The van der Waals surface area contributed by atoms with Crippen LogP contribution in [-0.4, -0.2) is 87.5 Å². The van der Waals surface area contributed by atoms with Gasteiger partial charge in [-0.05, 0) is 44.9 Å². The zero-order valence-corrected chi connectivity index (χ0v) is 36.9. The maximum absolute atomic E-state index is 13.0. The van der Waals surface area contributed by atoms with Gasteiger partial charge in [0.05, 0.1) is 25.4 Å². The SMILES string of the molecule is CCCCCCCC/C=C\CCCCCCCCCCCCCC(=O)N[C@@H](COC1OC(CO)C(O)C(O)C1O)[C@H](O)/C=C/CCCCCCCCCCCCC. The average Bonchev–Trinajstić information content (AvgIpc) is 3.21. The van der Waals surface area contributed by atoms with Crippen molar-refractivity contribution in [1.82, 2.24) is 5.32 Å². The van der Waals surface area contributed by atoms with Crippen LogP contribution in [0.3, 0.4) is 0 Å². The summed E-state index contributed by atoms with van der Waals surface area (Å²) in [4.78, 5) is 13.0. The van der Waals surface area contributed by atoms with E-state index in [0.717, 1.165) is 38.5 Å². The molecule has 0 aromatic carbocycles. The van der Waals surface area contributed by atoms with Gasteiger partial charge in [0, 0.05) is 6.42 Å². The topological polar surface area (TPSA) is 149 Å². The van der Waals surface area contributed by atoms with Crippen molar-refractivity contribution in [1.29, 1.82) is 0 Å². The van der Waals surface area contributed by atoms with Gasteiger partial charge in [0.2, 0.25) is 5.91 Å². The first-order chi connectivity index (χ1) is 27.8. The Hall–Kier alpha value is -1.33. The highest BCUT2D eigenvalue weighted by Gasteiger charge is 2.44. The van der Waals surface area contributed by atoms with Crippen molar-refractivity contribution in [2.24, 2.45) is 0 Å². The molecule has 0 saturated carbocycles. The number of hydrogen-bond acceptors (Lipinski definition) is 8. The van der Waals surface area contributed by atoms with Gasteiger partial charge in [0.25, 0.3) is 0 Å². The van der Waals surface area contributed by atoms with E-state index in [1.54, 1.807) is 6.08 Å². The molecule has 0 aromatic heterocycles. The third-order valence-electron chi connectivity index (χ3n) is 11.5.